The van der Waals surface area contributed by atoms with Crippen LogP contribution in [0.3, 0.4) is 0 Å². The van der Waals surface area contributed by atoms with Crippen LogP contribution in [0.1, 0.15) is 31.2 Å². The van der Waals surface area contributed by atoms with Gasteiger partial charge in [0.25, 0.3) is 0 Å². The van der Waals surface area contributed by atoms with E-state index in [1.54, 1.807) is 11.0 Å². The first-order valence-electron chi connectivity index (χ1n) is 11.8. The van der Waals surface area contributed by atoms with Gasteiger partial charge in [0.05, 0.1) is 11.2 Å². The van der Waals surface area contributed by atoms with E-state index in [9.17, 15) is 4.79 Å². The number of para-hydroxylation sites is 1. The summed E-state index contributed by atoms with van der Waals surface area (Å²) in [6.45, 7) is 0.817. The smallest absolute Gasteiger partial charge is 0.319 e. The molecular formula is C26H33ClN6O. The maximum absolute atomic E-state index is 12.3. The van der Waals surface area contributed by atoms with Gasteiger partial charge in [-0.3, -0.25) is 4.90 Å². The highest BCUT2D eigenvalue weighted by Crippen LogP contribution is 2.33. The van der Waals surface area contributed by atoms with Gasteiger partial charge in [-0.2, -0.15) is 0 Å². The van der Waals surface area contributed by atoms with Crippen molar-refractivity contribution in [1.82, 2.24) is 4.98 Å². The van der Waals surface area contributed by atoms with Crippen LogP contribution in [-0.2, 0) is 6.54 Å². The van der Waals surface area contributed by atoms with Crippen LogP contribution < -0.4 is 26.6 Å². The van der Waals surface area contributed by atoms with E-state index in [1.807, 2.05) is 30.3 Å². The van der Waals surface area contributed by atoms with Gasteiger partial charge in [-0.25, -0.2) is 9.78 Å². The molecule has 1 aliphatic carbocycles. The molecule has 8 heteroatoms. The molecule has 0 spiro atoms. The van der Waals surface area contributed by atoms with E-state index in [4.69, 9.17) is 28.1 Å². The molecule has 0 atom stereocenters. The first-order chi connectivity index (χ1) is 16.4. The SMILES string of the molecule is CN(C)c1cc(NC2CCC(CN(C(N)=O)c3cccc(Cl)c3CN)CC2)nc2ccccc12. The summed E-state index contributed by atoms with van der Waals surface area (Å²) in [6, 6.07) is 15.7. The lowest BCUT2D eigenvalue weighted by molar-refractivity contribution is 0.250. The van der Waals surface area contributed by atoms with Crippen LogP contribution >= 0.6 is 11.6 Å². The third-order valence-electron chi connectivity index (χ3n) is 6.67. The number of primary amides is 1. The molecule has 0 unspecified atom stereocenters. The molecule has 1 aromatic heterocycles. The molecule has 0 bridgehead atoms. The van der Waals surface area contributed by atoms with Crippen molar-refractivity contribution >= 4 is 45.7 Å². The molecule has 180 valence electrons. The average molecular weight is 481 g/mol. The second kappa shape index (κ2) is 10.5. The number of halogens is 1. The predicted octanol–water partition coefficient (Wildman–Crippen LogP) is 4.97. The maximum Gasteiger partial charge on any atom is 0.319 e. The Kier molecular flexibility index (Phi) is 7.44. The number of nitrogens with zero attached hydrogens (tertiary/aromatic N) is 3. The van der Waals surface area contributed by atoms with Crippen molar-refractivity contribution in [2.75, 3.05) is 35.8 Å². The summed E-state index contributed by atoms with van der Waals surface area (Å²) >= 11 is 6.31. The predicted molar refractivity (Wildman–Crippen MR) is 142 cm³/mol. The third kappa shape index (κ3) is 5.21. The zero-order valence-electron chi connectivity index (χ0n) is 19.8. The molecule has 2 amide bonds. The van der Waals surface area contributed by atoms with Crippen molar-refractivity contribution in [2.24, 2.45) is 17.4 Å². The van der Waals surface area contributed by atoms with Crippen molar-refractivity contribution in [3.63, 3.8) is 0 Å². The molecule has 4 rings (SSSR count). The van der Waals surface area contributed by atoms with Crippen LogP contribution in [0.2, 0.25) is 5.02 Å². The highest BCUT2D eigenvalue weighted by molar-refractivity contribution is 6.31. The summed E-state index contributed by atoms with van der Waals surface area (Å²) in [7, 11) is 4.11. The summed E-state index contributed by atoms with van der Waals surface area (Å²) in [5.74, 6) is 1.26. The molecule has 1 heterocycles. The largest absolute Gasteiger partial charge is 0.377 e. The molecule has 1 fully saturated rings. The van der Waals surface area contributed by atoms with Crippen LogP contribution in [0.15, 0.2) is 48.5 Å². The number of nitrogens with one attached hydrogen (secondary N) is 1. The van der Waals surface area contributed by atoms with E-state index in [0.717, 1.165) is 53.7 Å². The van der Waals surface area contributed by atoms with Crippen molar-refractivity contribution < 1.29 is 4.79 Å². The number of aromatic nitrogens is 1. The van der Waals surface area contributed by atoms with Gasteiger partial charge in [0.15, 0.2) is 0 Å². The molecule has 1 saturated carbocycles. The molecule has 0 saturated heterocycles. The van der Waals surface area contributed by atoms with Gasteiger partial charge in [-0.1, -0.05) is 35.9 Å². The number of anilines is 3. The van der Waals surface area contributed by atoms with Gasteiger partial charge in [-0.05, 0) is 49.8 Å². The van der Waals surface area contributed by atoms with Crippen molar-refractivity contribution in [3.05, 3.63) is 59.1 Å². The van der Waals surface area contributed by atoms with Gasteiger partial charge in [0.2, 0.25) is 0 Å². The number of pyridine rings is 1. The zero-order chi connectivity index (χ0) is 24.2. The number of carbonyl (C=O) groups excluding carboxylic acids is 1. The number of benzene rings is 2. The Balaban J connectivity index is 1.43. The monoisotopic (exact) mass is 480 g/mol. The van der Waals surface area contributed by atoms with Gasteiger partial charge in [0.1, 0.15) is 5.82 Å². The number of hydrogen-bond acceptors (Lipinski definition) is 5. The molecule has 0 aliphatic heterocycles. The third-order valence-corrected chi connectivity index (χ3v) is 7.02. The van der Waals surface area contributed by atoms with Crippen LogP contribution in [0, 0.1) is 5.92 Å². The molecule has 7 nitrogen and oxygen atoms in total. The van der Waals surface area contributed by atoms with Crippen molar-refractivity contribution in [1.29, 1.82) is 0 Å². The van der Waals surface area contributed by atoms with E-state index in [2.05, 4.69) is 36.4 Å². The van der Waals surface area contributed by atoms with Crippen molar-refractivity contribution in [3.8, 4) is 0 Å². The van der Waals surface area contributed by atoms with E-state index >= 15 is 0 Å². The van der Waals surface area contributed by atoms with Crippen LogP contribution in [0.5, 0.6) is 0 Å². The van der Waals surface area contributed by atoms with Crippen molar-refractivity contribution in [2.45, 2.75) is 38.3 Å². The minimum Gasteiger partial charge on any atom is -0.377 e. The number of urea groups is 1. The fourth-order valence-electron chi connectivity index (χ4n) is 4.87. The molecule has 3 aromatic rings. The Morgan fingerprint density at radius 1 is 1.09 bits per heavy atom. The lowest BCUT2D eigenvalue weighted by Gasteiger charge is -2.33. The Morgan fingerprint density at radius 3 is 2.50 bits per heavy atom. The Morgan fingerprint density at radius 2 is 1.82 bits per heavy atom. The quantitative estimate of drug-likeness (QED) is 0.443. The minimum absolute atomic E-state index is 0.253. The second-order valence-electron chi connectivity index (χ2n) is 9.19. The highest BCUT2D eigenvalue weighted by atomic mass is 35.5. The first-order valence-corrected chi connectivity index (χ1v) is 12.1. The van der Waals surface area contributed by atoms with E-state index < -0.39 is 6.03 Å². The zero-order valence-corrected chi connectivity index (χ0v) is 20.6. The number of nitrogens with two attached hydrogens (primary N) is 2. The fourth-order valence-corrected chi connectivity index (χ4v) is 5.11. The summed E-state index contributed by atoms with van der Waals surface area (Å²) in [4.78, 5) is 20.9. The minimum atomic E-state index is -0.478. The molecule has 0 radical (unpaired) electrons. The van der Waals surface area contributed by atoms with Crippen LogP contribution in [-0.4, -0.2) is 37.7 Å². The fraction of sp³-hybridized carbons (Fsp3) is 0.385. The Bertz CT molecular complexity index is 1160. The standard InChI is InChI=1S/C26H33ClN6O/c1-32(2)24-14-25(31-22-8-4-3-6-19(22)24)30-18-12-10-17(11-13-18)16-33(26(29)34)23-9-5-7-21(27)20(23)15-28/h3-9,14,17-18H,10-13,15-16,28H2,1-2H3,(H2,29,34)(H,30,31). The van der Waals surface area contributed by atoms with Gasteiger partial charge >= 0.3 is 6.03 Å². The Hall–Kier alpha value is -3.03. The van der Waals surface area contributed by atoms with Crippen LogP contribution in [0.4, 0.5) is 22.0 Å². The topological polar surface area (TPSA) is 101 Å². The van der Waals surface area contributed by atoms with Gasteiger partial charge in [-0.15, -0.1) is 0 Å². The lowest BCUT2D eigenvalue weighted by atomic mass is 9.85. The average Bonchev–Trinajstić information content (AvgIpc) is 2.82. The number of hydrogen-bond donors (Lipinski definition) is 3. The molecule has 5 N–H and O–H groups in total. The summed E-state index contributed by atoms with van der Waals surface area (Å²) in [5, 5.41) is 5.34. The van der Waals surface area contributed by atoms with E-state index in [1.165, 1.54) is 0 Å². The summed E-state index contributed by atoms with van der Waals surface area (Å²) < 4.78 is 0. The lowest BCUT2D eigenvalue weighted by Crippen LogP contribution is -2.41. The van der Waals surface area contributed by atoms with E-state index in [-0.39, 0.29) is 6.54 Å². The molecule has 34 heavy (non-hydrogen) atoms. The van der Waals surface area contributed by atoms with Gasteiger partial charge in [0, 0.05) is 61.0 Å². The van der Waals surface area contributed by atoms with E-state index in [0.29, 0.717) is 29.2 Å². The molecular weight excluding hydrogens is 448 g/mol. The number of rotatable bonds is 7. The number of amides is 2. The molecule has 2 aromatic carbocycles. The maximum atomic E-state index is 12.3. The second-order valence-corrected chi connectivity index (χ2v) is 9.60. The summed E-state index contributed by atoms with van der Waals surface area (Å²) in [6.07, 6.45) is 3.99. The number of carbonyl (C=O) groups is 1. The first kappa shape index (κ1) is 24.1. The normalized spacial score (nSPS) is 18.0. The van der Waals surface area contributed by atoms with Crippen LogP contribution in [0.25, 0.3) is 10.9 Å². The molecule has 1 aliphatic rings. The Labute approximate surface area is 206 Å². The highest BCUT2D eigenvalue weighted by Gasteiger charge is 2.26. The summed E-state index contributed by atoms with van der Waals surface area (Å²) in [5.41, 5.74) is 15.2. The van der Waals surface area contributed by atoms with Gasteiger partial charge < -0.3 is 21.7 Å². The number of fused-ring (bicyclic) bond motifs is 1.